The molecule has 0 aromatic heterocycles. The molecular formula is C16H16N2O3S. The van der Waals surface area contributed by atoms with Crippen molar-refractivity contribution in [2.75, 3.05) is 5.75 Å². The zero-order chi connectivity index (χ0) is 15.7. The van der Waals surface area contributed by atoms with Crippen molar-refractivity contribution in [1.29, 1.82) is 5.26 Å². The van der Waals surface area contributed by atoms with E-state index in [9.17, 15) is 9.59 Å². The van der Waals surface area contributed by atoms with Crippen LogP contribution >= 0.6 is 11.8 Å². The summed E-state index contributed by atoms with van der Waals surface area (Å²) in [5.74, 6) is 0.201. The largest absolute Gasteiger partial charge is 0.459 e. The summed E-state index contributed by atoms with van der Waals surface area (Å²) in [4.78, 5) is 25.8. The lowest BCUT2D eigenvalue weighted by Gasteiger charge is -2.29. The van der Waals surface area contributed by atoms with E-state index in [-0.39, 0.29) is 23.4 Å². The summed E-state index contributed by atoms with van der Waals surface area (Å²) >= 11 is 1.64. The number of nitriles is 1. The number of carbonyl (C=O) groups is 2. The maximum absolute atomic E-state index is 12.3. The summed E-state index contributed by atoms with van der Waals surface area (Å²) in [6.45, 7) is 2.06. The monoisotopic (exact) mass is 316 g/mol. The van der Waals surface area contributed by atoms with Gasteiger partial charge in [0.1, 0.15) is 12.6 Å². The van der Waals surface area contributed by atoms with Crippen LogP contribution in [0.2, 0.25) is 0 Å². The lowest BCUT2D eigenvalue weighted by molar-refractivity contribution is -0.154. The maximum Gasteiger partial charge on any atom is 0.330 e. The van der Waals surface area contributed by atoms with E-state index in [1.54, 1.807) is 40.9 Å². The Bertz CT molecular complexity index is 670. The molecule has 0 bridgehead atoms. The number of esters is 1. The third-order valence-electron chi connectivity index (χ3n) is 4.22. The molecule has 2 aliphatic heterocycles. The van der Waals surface area contributed by atoms with Gasteiger partial charge in [0.25, 0.3) is 0 Å². The molecule has 1 aromatic carbocycles. The molecule has 1 aromatic rings. The van der Waals surface area contributed by atoms with Crippen molar-refractivity contribution in [3.8, 4) is 6.07 Å². The highest BCUT2D eigenvalue weighted by atomic mass is 32.2. The van der Waals surface area contributed by atoms with Crippen LogP contribution in [-0.2, 0) is 20.9 Å². The second-order valence-corrected chi connectivity index (χ2v) is 7.14. The van der Waals surface area contributed by atoms with Gasteiger partial charge < -0.3 is 9.64 Å². The normalized spacial score (nSPS) is 26.6. The van der Waals surface area contributed by atoms with Crippen LogP contribution in [0.25, 0.3) is 0 Å². The van der Waals surface area contributed by atoms with Crippen molar-refractivity contribution in [2.45, 2.75) is 37.3 Å². The molecule has 0 saturated carbocycles. The van der Waals surface area contributed by atoms with Gasteiger partial charge in [-0.2, -0.15) is 5.26 Å². The van der Waals surface area contributed by atoms with Gasteiger partial charge in [0.2, 0.25) is 5.91 Å². The molecular weight excluding hydrogens is 300 g/mol. The van der Waals surface area contributed by atoms with Gasteiger partial charge >= 0.3 is 5.97 Å². The molecule has 1 amide bonds. The van der Waals surface area contributed by atoms with Crippen LogP contribution in [0.15, 0.2) is 24.3 Å². The van der Waals surface area contributed by atoms with Gasteiger partial charge in [0, 0.05) is 17.7 Å². The van der Waals surface area contributed by atoms with Crippen molar-refractivity contribution in [3.63, 3.8) is 0 Å². The number of thioether (sulfide) groups is 1. The lowest BCUT2D eigenvalue weighted by atomic mass is 10.1. The SMILES string of the molecule is C[C@]12CCC(=O)N1[C@@H](C(=O)OCc1ccccc1C#N)CS2. The Morgan fingerprint density at radius 3 is 3.09 bits per heavy atom. The Kier molecular flexibility index (Phi) is 3.83. The molecule has 3 rings (SSSR count). The average molecular weight is 316 g/mol. The standard InChI is InChI=1S/C16H16N2O3S/c1-16-7-6-14(19)18(16)13(10-22-16)15(20)21-9-12-5-3-2-4-11(12)8-17/h2-5,13H,6-7,9-10H2,1H3/t13-,16+/m1/s1. The minimum absolute atomic E-state index is 0.0203. The van der Waals surface area contributed by atoms with Crippen LogP contribution in [0.5, 0.6) is 0 Å². The maximum atomic E-state index is 12.3. The summed E-state index contributed by atoms with van der Waals surface area (Å²) in [5, 5.41) is 9.04. The van der Waals surface area contributed by atoms with E-state index in [0.29, 0.717) is 23.3 Å². The molecule has 2 atom stereocenters. The van der Waals surface area contributed by atoms with E-state index >= 15 is 0 Å². The third-order valence-corrected chi connectivity index (χ3v) is 5.73. The summed E-state index contributed by atoms with van der Waals surface area (Å²) in [5.41, 5.74) is 1.18. The van der Waals surface area contributed by atoms with Crippen molar-refractivity contribution >= 4 is 23.6 Å². The van der Waals surface area contributed by atoms with Gasteiger partial charge in [-0.15, -0.1) is 11.8 Å². The van der Waals surface area contributed by atoms with Crippen LogP contribution in [0.3, 0.4) is 0 Å². The number of amides is 1. The molecule has 2 saturated heterocycles. The van der Waals surface area contributed by atoms with Gasteiger partial charge in [0.05, 0.1) is 16.5 Å². The van der Waals surface area contributed by atoms with Crippen molar-refractivity contribution < 1.29 is 14.3 Å². The molecule has 0 N–H and O–H groups in total. The van der Waals surface area contributed by atoms with Gasteiger partial charge in [-0.25, -0.2) is 4.79 Å². The Hall–Kier alpha value is -2.00. The fourth-order valence-corrected chi connectivity index (χ4v) is 4.41. The smallest absolute Gasteiger partial charge is 0.330 e. The molecule has 5 nitrogen and oxygen atoms in total. The summed E-state index contributed by atoms with van der Waals surface area (Å²) in [7, 11) is 0. The predicted octanol–water partition coefficient (Wildman–Crippen LogP) is 2.06. The molecule has 114 valence electrons. The highest BCUT2D eigenvalue weighted by molar-refractivity contribution is 8.01. The second-order valence-electron chi connectivity index (χ2n) is 5.64. The number of carbonyl (C=O) groups excluding carboxylic acids is 2. The molecule has 6 heteroatoms. The fraction of sp³-hybridized carbons (Fsp3) is 0.438. The second kappa shape index (κ2) is 5.65. The first-order chi connectivity index (χ1) is 10.5. The van der Waals surface area contributed by atoms with Gasteiger partial charge in [-0.1, -0.05) is 18.2 Å². The first kappa shape index (κ1) is 14.9. The Morgan fingerprint density at radius 2 is 2.32 bits per heavy atom. The number of rotatable bonds is 3. The van der Waals surface area contributed by atoms with E-state index in [1.807, 2.05) is 6.92 Å². The number of ether oxygens (including phenoxy) is 1. The molecule has 0 radical (unpaired) electrons. The zero-order valence-corrected chi connectivity index (χ0v) is 13.1. The molecule has 0 unspecified atom stereocenters. The van der Waals surface area contributed by atoms with E-state index in [1.165, 1.54) is 0 Å². The molecule has 0 aliphatic carbocycles. The summed E-state index contributed by atoms with van der Waals surface area (Å²) in [6.07, 6.45) is 1.27. The fourth-order valence-electron chi connectivity index (χ4n) is 3.00. The van der Waals surface area contributed by atoms with Crippen molar-refractivity contribution in [2.24, 2.45) is 0 Å². The van der Waals surface area contributed by atoms with Crippen LogP contribution in [0.1, 0.15) is 30.9 Å². The molecule has 2 heterocycles. The number of benzene rings is 1. The van der Waals surface area contributed by atoms with Crippen molar-refractivity contribution in [1.82, 2.24) is 4.90 Å². The highest BCUT2D eigenvalue weighted by Gasteiger charge is 2.53. The van der Waals surface area contributed by atoms with Gasteiger partial charge in [0.15, 0.2) is 0 Å². The Labute approximate surface area is 133 Å². The van der Waals surface area contributed by atoms with Crippen LogP contribution in [0.4, 0.5) is 0 Å². The van der Waals surface area contributed by atoms with Crippen LogP contribution in [-0.4, -0.2) is 33.4 Å². The van der Waals surface area contributed by atoms with E-state index in [2.05, 4.69) is 6.07 Å². The zero-order valence-electron chi connectivity index (χ0n) is 12.2. The molecule has 0 spiro atoms. The first-order valence-corrected chi connectivity index (χ1v) is 8.14. The van der Waals surface area contributed by atoms with E-state index < -0.39 is 6.04 Å². The van der Waals surface area contributed by atoms with E-state index in [4.69, 9.17) is 10.00 Å². The van der Waals surface area contributed by atoms with E-state index in [0.717, 1.165) is 6.42 Å². The predicted molar refractivity (Wildman–Crippen MR) is 81.7 cm³/mol. The van der Waals surface area contributed by atoms with Gasteiger partial charge in [-0.05, 0) is 19.4 Å². The van der Waals surface area contributed by atoms with Crippen LogP contribution < -0.4 is 0 Å². The lowest BCUT2D eigenvalue weighted by Crippen LogP contribution is -2.46. The van der Waals surface area contributed by atoms with Crippen LogP contribution in [0, 0.1) is 11.3 Å². The van der Waals surface area contributed by atoms with Crippen molar-refractivity contribution in [3.05, 3.63) is 35.4 Å². The molecule has 2 fully saturated rings. The quantitative estimate of drug-likeness (QED) is 0.798. The topological polar surface area (TPSA) is 70.4 Å². The number of hydrogen-bond acceptors (Lipinski definition) is 5. The van der Waals surface area contributed by atoms with Gasteiger partial charge in [-0.3, -0.25) is 4.79 Å². The molecule has 2 aliphatic rings. The Balaban J connectivity index is 1.68. The minimum atomic E-state index is -0.515. The number of nitrogens with zero attached hydrogens (tertiary/aromatic N) is 2. The third kappa shape index (κ3) is 2.46. The summed E-state index contributed by atoms with van der Waals surface area (Å²) in [6, 6.07) is 8.59. The summed E-state index contributed by atoms with van der Waals surface area (Å²) < 4.78 is 5.36. The number of fused-ring (bicyclic) bond motifs is 1. The Morgan fingerprint density at radius 1 is 1.55 bits per heavy atom. The first-order valence-electron chi connectivity index (χ1n) is 7.16. The molecule has 22 heavy (non-hydrogen) atoms. The highest BCUT2D eigenvalue weighted by Crippen LogP contribution is 2.47. The minimum Gasteiger partial charge on any atom is -0.459 e. The number of hydrogen-bond donors (Lipinski definition) is 0. The average Bonchev–Trinajstić information content (AvgIpc) is 3.02.